The molecule has 2 aromatic heterocycles. The number of ether oxygens (including phenoxy) is 1. The number of esters is 1. The third-order valence-electron chi connectivity index (χ3n) is 4.55. The van der Waals surface area contributed by atoms with Crippen LogP contribution in [0.2, 0.25) is 0 Å². The van der Waals surface area contributed by atoms with Gasteiger partial charge in [-0.1, -0.05) is 24.3 Å². The fraction of sp³-hybridized carbons (Fsp3) is 0.0833. The average molecular weight is 412 g/mol. The lowest BCUT2D eigenvalue weighted by molar-refractivity contribution is 0.0734. The van der Waals surface area contributed by atoms with Crippen molar-refractivity contribution in [3.8, 4) is 11.6 Å². The molecule has 0 atom stereocenters. The molecule has 0 aliphatic carbocycles. The summed E-state index contributed by atoms with van der Waals surface area (Å²) in [4.78, 5) is 29.1. The maximum atomic E-state index is 12.5. The van der Waals surface area contributed by atoms with E-state index >= 15 is 0 Å². The maximum Gasteiger partial charge on any atom is 0.345 e. The van der Waals surface area contributed by atoms with Gasteiger partial charge in [-0.15, -0.1) is 0 Å². The Morgan fingerprint density at radius 2 is 1.71 bits per heavy atom. The minimum atomic E-state index is -0.543. The van der Waals surface area contributed by atoms with Gasteiger partial charge in [-0.25, -0.2) is 14.5 Å². The summed E-state index contributed by atoms with van der Waals surface area (Å²) in [5, 5.41) is 7.17. The highest BCUT2D eigenvalue weighted by Crippen LogP contribution is 2.20. The van der Waals surface area contributed by atoms with E-state index in [1.807, 2.05) is 26.0 Å². The van der Waals surface area contributed by atoms with Crippen molar-refractivity contribution in [2.75, 3.05) is 5.32 Å². The first-order chi connectivity index (χ1) is 15.0. The van der Waals surface area contributed by atoms with Crippen molar-refractivity contribution in [2.24, 2.45) is 0 Å². The first-order valence-electron chi connectivity index (χ1n) is 9.68. The van der Waals surface area contributed by atoms with E-state index in [4.69, 9.17) is 4.74 Å². The van der Waals surface area contributed by atoms with Crippen LogP contribution in [0.15, 0.2) is 79.0 Å². The Morgan fingerprint density at radius 3 is 2.39 bits per heavy atom. The number of hydrogen-bond acceptors (Lipinski definition) is 5. The molecule has 0 aliphatic heterocycles. The first kappa shape index (κ1) is 20.0. The van der Waals surface area contributed by atoms with Gasteiger partial charge in [0.25, 0.3) is 5.91 Å². The number of amides is 1. The Morgan fingerprint density at radius 1 is 0.903 bits per heavy atom. The third kappa shape index (κ3) is 4.67. The number of anilines is 1. The van der Waals surface area contributed by atoms with Crippen molar-refractivity contribution in [3.63, 3.8) is 0 Å². The zero-order valence-electron chi connectivity index (χ0n) is 17.1. The number of rotatable bonds is 5. The average Bonchev–Trinajstić information content (AvgIpc) is 3.12. The molecule has 2 aromatic carbocycles. The summed E-state index contributed by atoms with van der Waals surface area (Å²) in [7, 11) is 0. The van der Waals surface area contributed by atoms with Gasteiger partial charge in [0.05, 0.1) is 11.3 Å². The molecule has 0 fully saturated rings. The van der Waals surface area contributed by atoms with Gasteiger partial charge in [0.15, 0.2) is 5.82 Å². The predicted molar refractivity (Wildman–Crippen MR) is 117 cm³/mol. The van der Waals surface area contributed by atoms with Crippen LogP contribution in [0.1, 0.15) is 32.1 Å². The van der Waals surface area contributed by atoms with Crippen LogP contribution < -0.4 is 10.1 Å². The van der Waals surface area contributed by atoms with Crippen molar-refractivity contribution in [1.82, 2.24) is 14.8 Å². The largest absolute Gasteiger partial charge is 0.423 e. The van der Waals surface area contributed by atoms with Crippen molar-refractivity contribution in [3.05, 3.63) is 102 Å². The lowest BCUT2D eigenvalue weighted by atomic mass is 10.2. The fourth-order valence-electron chi connectivity index (χ4n) is 3.09. The molecular weight excluding hydrogens is 392 g/mol. The number of nitrogens with zero attached hydrogens (tertiary/aromatic N) is 3. The van der Waals surface area contributed by atoms with Crippen LogP contribution in [-0.4, -0.2) is 26.6 Å². The molecule has 7 nitrogen and oxygen atoms in total. The summed E-state index contributed by atoms with van der Waals surface area (Å²) in [6, 6.07) is 20.9. The molecule has 2 heterocycles. The number of nitrogens with one attached hydrogen (secondary N) is 1. The van der Waals surface area contributed by atoms with Gasteiger partial charge >= 0.3 is 5.97 Å². The molecule has 0 unspecified atom stereocenters. The number of aromatic nitrogens is 3. The zero-order chi connectivity index (χ0) is 21.8. The summed E-state index contributed by atoms with van der Waals surface area (Å²) < 4.78 is 7.16. The van der Waals surface area contributed by atoms with Gasteiger partial charge in [-0.2, -0.15) is 5.10 Å². The van der Waals surface area contributed by atoms with Crippen LogP contribution in [0.25, 0.3) is 5.82 Å². The van der Waals surface area contributed by atoms with Crippen molar-refractivity contribution in [2.45, 2.75) is 13.8 Å². The Balaban J connectivity index is 1.44. The van der Waals surface area contributed by atoms with Gasteiger partial charge in [-0.05, 0) is 56.3 Å². The van der Waals surface area contributed by atoms with Crippen molar-refractivity contribution >= 4 is 17.6 Å². The number of hydrogen-bond donors (Lipinski definition) is 1. The van der Waals surface area contributed by atoms with E-state index in [1.54, 1.807) is 65.3 Å². The molecule has 4 rings (SSSR count). The molecule has 0 saturated carbocycles. The van der Waals surface area contributed by atoms with E-state index in [0.717, 1.165) is 11.4 Å². The van der Waals surface area contributed by atoms with Gasteiger partial charge < -0.3 is 10.1 Å². The number of aryl methyl sites for hydroxylation is 2. The Bertz CT molecular complexity index is 1230. The highest BCUT2D eigenvalue weighted by atomic mass is 16.5. The summed E-state index contributed by atoms with van der Waals surface area (Å²) in [5.74, 6) is 0.151. The molecule has 154 valence electrons. The third-order valence-corrected chi connectivity index (χ3v) is 4.55. The molecule has 4 aromatic rings. The van der Waals surface area contributed by atoms with Crippen LogP contribution in [-0.2, 0) is 0 Å². The fourth-order valence-corrected chi connectivity index (χ4v) is 3.09. The smallest absolute Gasteiger partial charge is 0.345 e. The van der Waals surface area contributed by atoms with Gasteiger partial charge in [0, 0.05) is 29.2 Å². The Kier molecular flexibility index (Phi) is 5.57. The SMILES string of the molecule is Cc1cc(C)n(-c2ccc(C(=O)Oc3cccc(NC(=O)c4ccccc4)c3)cn2)n1. The lowest BCUT2D eigenvalue weighted by Gasteiger charge is -2.09. The molecule has 1 N–H and O–H groups in total. The maximum absolute atomic E-state index is 12.5. The standard InChI is InChI=1S/C24H20N4O3/c1-16-13-17(2)28(27-16)22-12-11-19(15-25-22)24(30)31-21-10-6-9-20(14-21)26-23(29)18-7-4-3-5-8-18/h3-15H,1-2H3,(H,26,29). The lowest BCUT2D eigenvalue weighted by Crippen LogP contribution is -2.12. The van der Waals surface area contributed by atoms with Crippen LogP contribution in [0, 0.1) is 13.8 Å². The van der Waals surface area contributed by atoms with Crippen LogP contribution in [0.3, 0.4) is 0 Å². The molecule has 0 saturated heterocycles. The summed E-state index contributed by atoms with van der Waals surface area (Å²) in [5.41, 5.74) is 3.22. The second-order valence-electron chi connectivity index (χ2n) is 6.98. The molecule has 31 heavy (non-hydrogen) atoms. The van der Waals surface area contributed by atoms with Gasteiger partial charge in [0.2, 0.25) is 0 Å². The van der Waals surface area contributed by atoms with E-state index < -0.39 is 5.97 Å². The van der Waals surface area contributed by atoms with Crippen molar-refractivity contribution in [1.29, 1.82) is 0 Å². The monoisotopic (exact) mass is 412 g/mol. The minimum Gasteiger partial charge on any atom is -0.423 e. The second kappa shape index (κ2) is 8.62. The van der Waals surface area contributed by atoms with E-state index in [-0.39, 0.29) is 5.91 Å². The Labute approximate surface area is 179 Å². The molecule has 0 bridgehead atoms. The number of pyridine rings is 1. The van der Waals surface area contributed by atoms with E-state index in [1.165, 1.54) is 6.20 Å². The Hall–Kier alpha value is -4.26. The molecule has 7 heteroatoms. The van der Waals surface area contributed by atoms with Crippen molar-refractivity contribution < 1.29 is 14.3 Å². The molecule has 0 aliphatic rings. The molecule has 0 spiro atoms. The van der Waals surface area contributed by atoms with Crippen LogP contribution in [0.5, 0.6) is 5.75 Å². The molecule has 1 amide bonds. The normalized spacial score (nSPS) is 10.5. The van der Waals surface area contributed by atoms with Gasteiger partial charge in [-0.3, -0.25) is 4.79 Å². The van der Waals surface area contributed by atoms with E-state index in [9.17, 15) is 9.59 Å². The zero-order valence-corrected chi connectivity index (χ0v) is 17.1. The molecular formula is C24H20N4O3. The predicted octanol–water partition coefficient (Wildman–Crippen LogP) is 4.36. The summed E-state index contributed by atoms with van der Waals surface area (Å²) >= 11 is 0. The van der Waals surface area contributed by atoms with E-state index in [2.05, 4.69) is 15.4 Å². The second-order valence-corrected chi connectivity index (χ2v) is 6.98. The quantitative estimate of drug-likeness (QED) is 0.389. The highest BCUT2D eigenvalue weighted by Gasteiger charge is 2.12. The highest BCUT2D eigenvalue weighted by molar-refractivity contribution is 6.04. The summed E-state index contributed by atoms with van der Waals surface area (Å²) in [6.07, 6.45) is 1.45. The minimum absolute atomic E-state index is 0.243. The van der Waals surface area contributed by atoms with E-state index in [0.29, 0.717) is 28.4 Å². The van der Waals surface area contributed by atoms with Crippen LogP contribution in [0.4, 0.5) is 5.69 Å². The van der Waals surface area contributed by atoms with Gasteiger partial charge in [0.1, 0.15) is 5.75 Å². The number of carbonyl (C=O) groups excluding carboxylic acids is 2. The first-order valence-corrected chi connectivity index (χ1v) is 9.68. The topological polar surface area (TPSA) is 86.1 Å². The van der Waals surface area contributed by atoms with Crippen LogP contribution >= 0.6 is 0 Å². The number of benzene rings is 2. The molecule has 0 radical (unpaired) electrons. The number of carbonyl (C=O) groups is 2. The summed E-state index contributed by atoms with van der Waals surface area (Å²) in [6.45, 7) is 3.85.